The first-order valence-electron chi connectivity index (χ1n) is 0.974. The Balaban J connectivity index is 0. The zero-order valence-corrected chi connectivity index (χ0v) is 4.21. The van der Waals surface area contributed by atoms with Crippen molar-refractivity contribution < 1.29 is 4.39 Å². The molecule has 0 aromatic carbocycles. The highest BCUT2D eigenvalue weighted by Crippen LogP contribution is 1.48. The summed E-state index contributed by atoms with van der Waals surface area (Å²) in [5.74, 6) is 0. The smallest absolute Gasteiger partial charge is 0.0866 e. The summed E-state index contributed by atoms with van der Waals surface area (Å²) in [5.41, 5.74) is 0. The van der Waals surface area contributed by atoms with Crippen LogP contribution >= 0.6 is 9.90 Å². The lowest BCUT2D eigenvalue weighted by Gasteiger charge is -1.45. The molecule has 0 aliphatic carbocycles. The maximum atomic E-state index is 10.3. The maximum Gasteiger partial charge on any atom is 0.0866 e. The van der Waals surface area contributed by atoms with Crippen LogP contribution in [0.1, 0.15) is 6.92 Å². The minimum absolute atomic E-state index is 0. The molecular weight excluding hydrogens is 74.0 g/mol. The van der Waals surface area contributed by atoms with Crippen molar-refractivity contribution in [3.63, 3.8) is 0 Å². The third-order valence-corrected chi connectivity index (χ3v) is 0. The summed E-state index contributed by atoms with van der Waals surface area (Å²) >= 11 is 0. The fourth-order valence-corrected chi connectivity index (χ4v) is 0. The summed E-state index contributed by atoms with van der Waals surface area (Å²) in [7, 11) is 0. The van der Waals surface area contributed by atoms with E-state index in [9.17, 15) is 4.39 Å². The van der Waals surface area contributed by atoms with E-state index >= 15 is 0 Å². The van der Waals surface area contributed by atoms with Gasteiger partial charge in [0.1, 0.15) is 0 Å². The van der Waals surface area contributed by atoms with Crippen LogP contribution in [0.4, 0.5) is 4.39 Å². The van der Waals surface area contributed by atoms with Crippen molar-refractivity contribution in [1.29, 1.82) is 0 Å². The van der Waals surface area contributed by atoms with Gasteiger partial charge in [0.05, 0.1) is 6.67 Å². The van der Waals surface area contributed by atoms with Crippen LogP contribution in [0.25, 0.3) is 0 Å². The average molecular weight is 82.1 g/mol. The van der Waals surface area contributed by atoms with Crippen LogP contribution in [0.3, 0.4) is 0 Å². The molecule has 0 heterocycles. The van der Waals surface area contributed by atoms with Crippen molar-refractivity contribution in [2.24, 2.45) is 0 Å². The molecule has 1 atom stereocenters. The first-order valence-corrected chi connectivity index (χ1v) is 0.974. The molecular formula is C2H8FP. The molecule has 28 valence electrons. The highest BCUT2D eigenvalue weighted by Gasteiger charge is 1.39. The van der Waals surface area contributed by atoms with E-state index in [-0.39, 0.29) is 16.6 Å². The van der Waals surface area contributed by atoms with Crippen LogP contribution in [0.2, 0.25) is 0 Å². The van der Waals surface area contributed by atoms with Gasteiger partial charge in [0, 0.05) is 0 Å². The number of halogens is 1. The Kier molecular flexibility index (Phi) is 22.4. The zero-order chi connectivity index (χ0) is 2.71. The van der Waals surface area contributed by atoms with E-state index < -0.39 is 0 Å². The zero-order valence-electron chi connectivity index (χ0n) is 2.79. The summed E-state index contributed by atoms with van der Waals surface area (Å²) in [4.78, 5) is 0. The van der Waals surface area contributed by atoms with Gasteiger partial charge in [0.15, 0.2) is 0 Å². The molecule has 0 N–H and O–H groups in total. The van der Waals surface area contributed by atoms with E-state index in [0.29, 0.717) is 0 Å². The largest absolute Gasteiger partial charge is 0.251 e. The Bertz CT molecular complexity index is 6.00. The van der Waals surface area contributed by atoms with E-state index in [4.69, 9.17) is 0 Å². The lowest BCUT2D eigenvalue weighted by atomic mass is 10.9. The third-order valence-electron chi connectivity index (χ3n) is 0. The van der Waals surface area contributed by atoms with Gasteiger partial charge in [-0.2, -0.15) is 9.90 Å². The van der Waals surface area contributed by atoms with Crippen molar-refractivity contribution in [2.45, 2.75) is 6.92 Å². The first kappa shape index (κ1) is 8.84. The topological polar surface area (TPSA) is 0 Å². The van der Waals surface area contributed by atoms with Crippen LogP contribution in [0.15, 0.2) is 0 Å². The predicted octanol–water partition coefficient (Wildman–Crippen LogP) is 1.03. The van der Waals surface area contributed by atoms with Crippen molar-refractivity contribution in [2.75, 3.05) is 6.67 Å². The fourth-order valence-electron chi connectivity index (χ4n) is 0. The fraction of sp³-hybridized carbons (Fsp3) is 1.00. The van der Waals surface area contributed by atoms with Gasteiger partial charge in [-0.15, -0.1) is 0 Å². The average Bonchev–Trinajstić information content (AvgIpc) is 0.918. The first-order chi connectivity index (χ1) is 1.41. The number of alkyl halides is 1. The minimum atomic E-state index is -0.250. The highest BCUT2D eigenvalue weighted by atomic mass is 31.0. The molecule has 0 spiro atoms. The van der Waals surface area contributed by atoms with Gasteiger partial charge in [-0.3, -0.25) is 4.39 Å². The molecule has 4 heavy (non-hydrogen) atoms. The normalized spacial score (nSPS) is 4.50. The molecule has 0 bridgehead atoms. The summed E-state index contributed by atoms with van der Waals surface area (Å²) in [6, 6.07) is 0. The van der Waals surface area contributed by atoms with Crippen LogP contribution < -0.4 is 0 Å². The van der Waals surface area contributed by atoms with Gasteiger partial charge >= 0.3 is 0 Å². The van der Waals surface area contributed by atoms with Crippen LogP contribution in [-0.2, 0) is 0 Å². The minimum Gasteiger partial charge on any atom is -0.251 e. The summed E-state index contributed by atoms with van der Waals surface area (Å²) in [6.07, 6.45) is 0. The Morgan fingerprint density at radius 2 is 1.75 bits per heavy atom. The Morgan fingerprint density at radius 3 is 1.75 bits per heavy atom. The quantitative estimate of drug-likeness (QED) is 0.383. The molecule has 2 heteroatoms. The second-order valence-electron chi connectivity index (χ2n) is 0.267. The molecule has 0 aliphatic heterocycles. The van der Waals surface area contributed by atoms with E-state index in [1.165, 1.54) is 6.92 Å². The molecule has 0 aromatic rings. The number of rotatable bonds is 0. The molecule has 0 radical (unpaired) electrons. The molecule has 0 nitrogen and oxygen atoms in total. The van der Waals surface area contributed by atoms with E-state index in [1.54, 1.807) is 0 Å². The molecule has 0 saturated heterocycles. The van der Waals surface area contributed by atoms with Crippen LogP contribution in [0, 0.1) is 0 Å². The van der Waals surface area contributed by atoms with Crippen LogP contribution in [-0.4, -0.2) is 6.67 Å². The molecule has 0 aliphatic rings. The molecule has 0 fully saturated rings. The molecule has 0 rings (SSSR count). The van der Waals surface area contributed by atoms with E-state index in [0.717, 1.165) is 0 Å². The summed E-state index contributed by atoms with van der Waals surface area (Å²) in [6.45, 7) is 1.21. The molecule has 0 aromatic heterocycles. The Morgan fingerprint density at radius 1 is 1.75 bits per heavy atom. The lowest BCUT2D eigenvalue weighted by molar-refractivity contribution is 0.527. The second kappa shape index (κ2) is 10.1. The van der Waals surface area contributed by atoms with Crippen molar-refractivity contribution >= 4 is 9.90 Å². The standard InChI is InChI=1S/C2H5F.H3P/c1-2-3;/h2H2,1H3;1H3. The van der Waals surface area contributed by atoms with Gasteiger partial charge in [0.2, 0.25) is 0 Å². The second-order valence-corrected chi connectivity index (χ2v) is 0.267. The van der Waals surface area contributed by atoms with Gasteiger partial charge in [-0.25, -0.2) is 0 Å². The van der Waals surface area contributed by atoms with Crippen molar-refractivity contribution in [3.8, 4) is 0 Å². The van der Waals surface area contributed by atoms with Crippen molar-refractivity contribution in [3.05, 3.63) is 0 Å². The molecule has 1 unspecified atom stereocenters. The monoisotopic (exact) mass is 82.0 g/mol. The van der Waals surface area contributed by atoms with Gasteiger partial charge < -0.3 is 0 Å². The molecule has 0 amide bonds. The Hall–Kier alpha value is 0.360. The summed E-state index contributed by atoms with van der Waals surface area (Å²) in [5, 5.41) is 0. The van der Waals surface area contributed by atoms with Gasteiger partial charge in [-0.1, -0.05) is 0 Å². The lowest BCUT2D eigenvalue weighted by Crippen LogP contribution is -1.40. The van der Waals surface area contributed by atoms with Gasteiger partial charge in [0.25, 0.3) is 0 Å². The number of hydrogen-bond donors (Lipinski definition) is 0. The third kappa shape index (κ3) is 33.7. The highest BCUT2D eigenvalue weighted by molar-refractivity contribution is 6.92. The Labute approximate surface area is 29.0 Å². The van der Waals surface area contributed by atoms with E-state index in [2.05, 4.69) is 0 Å². The van der Waals surface area contributed by atoms with Gasteiger partial charge in [-0.05, 0) is 6.92 Å². The van der Waals surface area contributed by atoms with Crippen molar-refractivity contribution in [1.82, 2.24) is 0 Å². The molecule has 0 saturated carbocycles. The summed E-state index contributed by atoms with van der Waals surface area (Å²) < 4.78 is 10.3. The maximum absolute atomic E-state index is 10.3. The van der Waals surface area contributed by atoms with Crippen LogP contribution in [0.5, 0.6) is 0 Å². The number of hydrogen-bond acceptors (Lipinski definition) is 0. The predicted molar refractivity (Wildman–Crippen MR) is 22.8 cm³/mol. The SMILES string of the molecule is CCF.P. The van der Waals surface area contributed by atoms with E-state index in [1.807, 2.05) is 0 Å².